The second kappa shape index (κ2) is 22.6. The molecule has 24 rings (SSSR count). The van der Waals surface area contributed by atoms with Gasteiger partial charge in [-0.2, -0.15) is 0 Å². The van der Waals surface area contributed by atoms with E-state index in [1.807, 2.05) is 6.07 Å². The lowest BCUT2D eigenvalue weighted by Crippen LogP contribution is -1.96. The van der Waals surface area contributed by atoms with Crippen molar-refractivity contribution in [1.29, 1.82) is 0 Å². The molecule has 18 aromatic carbocycles. The molecule has 106 heavy (non-hydrogen) atoms. The van der Waals surface area contributed by atoms with Crippen LogP contribution in [-0.4, -0.2) is 18.3 Å². The topological polar surface area (TPSA) is 46.0 Å². The summed E-state index contributed by atoms with van der Waals surface area (Å²) in [6.07, 6.45) is 0. The lowest BCUT2D eigenvalue weighted by atomic mass is 9.94. The summed E-state index contributed by atoms with van der Waals surface area (Å²) in [5.74, 6) is 0. The highest BCUT2D eigenvalue weighted by atomic mass is 16.3. The van der Waals surface area contributed by atoms with E-state index in [1.54, 1.807) is 0 Å². The van der Waals surface area contributed by atoms with Gasteiger partial charge >= 0.3 is 0 Å². The minimum Gasteiger partial charge on any atom is -0.455 e. The van der Waals surface area contributed by atoms with Crippen molar-refractivity contribution in [3.8, 4) is 45.0 Å². The summed E-state index contributed by atoms with van der Waals surface area (Å²) in [4.78, 5) is 0. The van der Waals surface area contributed by atoms with E-state index in [0.717, 1.165) is 88.3 Å². The highest BCUT2D eigenvalue weighted by molar-refractivity contribution is 6.34. The minimum absolute atomic E-state index is 0.904. The zero-order valence-electron chi connectivity index (χ0n) is 57.2. The fourth-order valence-electron chi connectivity index (χ4n) is 18.1. The van der Waals surface area contributed by atoms with E-state index in [4.69, 9.17) is 8.83 Å². The summed E-state index contributed by atoms with van der Waals surface area (Å²) in [6.45, 7) is 0. The van der Waals surface area contributed by atoms with Gasteiger partial charge in [0.25, 0.3) is 0 Å². The fraction of sp³-hybridized carbons (Fsp3) is 0. The number of nitrogens with zero attached hydrogens (tertiary/aromatic N) is 4. The van der Waals surface area contributed by atoms with Gasteiger partial charge in [0.05, 0.1) is 60.6 Å². The molecule has 0 saturated carbocycles. The summed E-state index contributed by atoms with van der Waals surface area (Å²) >= 11 is 0. The van der Waals surface area contributed by atoms with E-state index in [0.29, 0.717) is 0 Å². The summed E-state index contributed by atoms with van der Waals surface area (Å²) < 4.78 is 23.4. The summed E-state index contributed by atoms with van der Waals surface area (Å²) in [5.41, 5.74) is 22.3. The summed E-state index contributed by atoms with van der Waals surface area (Å²) in [7, 11) is 0. The third-order valence-electron chi connectivity index (χ3n) is 22.6. The van der Waals surface area contributed by atoms with Gasteiger partial charge in [0.1, 0.15) is 22.3 Å². The van der Waals surface area contributed by atoms with Crippen molar-refractivity contribution in [2.75, 3.05) is 0 Å². The molecular weight excluding hydrogens is 1290 g/mol. The first kappa shape index (κ1) is 58.4. The smallest absolute Gasteiger partial charge is 0.145 e. The number of hydrogen-bond acceptors (Lipinski definition) is 2. The number of rotatable bonds is 6. The van der Waals surface area contributed by atoms with Crippen LogP contribution in [0, 0.1) is 0 Å². The Kier molecular flexibility index (Phi) is 12.5. The van der Waals surface area contributed by atoms with Gasteiger partial charge in [0.15, 0.2) is 0 Å². The van der Waals surface area contributed by atoms with Gasteiger partial charge < -0.3 is 27.1 Å². The molecule has 0 N–H and O–H groups in total. The third kappa shape index (κ3) is 8.43. The maximum absolute atomic E-state index is 6.81. The van der Waals surface area contributed by atoms with Crippen LogP contribution in [0.2, 0.25) is 0 Å². The van der Waals surface area contributed by atoms with Gasteiger partial charge in [-0.1, -0.05) is 249 Å². The highest BCUT2D eigenvalue weighted by Gasteiger charge is 2.28. The van der Waals surface area contributed by atoms with Gasteiger partial charge in [0.2, 0.25) is 0 Å². The molecule has 6 heteroatoms. The minimum atomic E-state index is 0.904. The van der Waals surface area contributed by atoms with Gasteiger partial charge in [0, 0.05) is 76.3 Å². The molecule has 6 aromatic heterocycles. The maximum Gasteiger partial charge on any atom is 0.145 e. The van der Waals surface area contributed by atoms with Crippen molar-refractivity contribution in [2.45, 2.75) is 0 Å². The van der Waals surface area contributed by atoms with Crippen molar-refractivity contribution < 1.29 is 8.83 Å². The molecule has 0 atom stereocenters. The lowest BCUT2D eigenvalue weighted by molar-refractivity contribution is 0.672. The van der Waals surface area contributed by atoms with Crippen LogP contribution in [0.1, 0.15) is 0 Å². The van der Waals surface area contributed by atoms with Crippen LogP contribution in [0.5, 0.6) is 0 Å². The molecule has 0 radical (unpaired) electrons. The van der Waals surface area contributed by atoms with Gasteiger partial charge in [-0.3, -0.25) is 0 Å². The van der Waals surface area contributed by atoms with Crippen LogP contribution in [0.25, 0.3) is 219 Å². The molecule has 0 saturated heterocycles. The first-order valence-corrected chi connectivity index (χ1v) is 36.4. The molecule has 492 valence electrons. The van der Waals surface area contributed by atoms with Crippen LogP contribution in [-0.2, 0) is 0 Å². The molecule has 0 aliphatic heterocycles. The molecular formula is C100H60N4O2. The van der Waals surface area contributed by atoms with Crippen LogP contribution >= 0.6 is 0 Å². The Morgan fingerprint density at radius 1 is 0.179 bits per heavy atom. The highest BCUT2D eigenvalue weighted by Crippen LogP contribution is 2.50. The van der Waals surface area contributed by atoms with Gasteiger partial charge in [-0.25, -0.2) is 0 Å². The van der Waals surface area contributed by atoms with Gasteiger partial charge in [-0.15, -0.1) is 0 Å². The number of para-hydroxylation sites is 4. The third-order valence-corrected chi connectivity index (χ3v) is 22.6. The average Bonchev–Trinajstić information content (AvgIpc) is 1.53. The van der Waals surface area contributed by atoms with Gasteiger partial charge in [-0.05, 0) is 175 Å². The fourth-order valence-corrected chi connectivity index (χ4v) is 18.1. The van der Waals surface area contributed by atoms with Crippen LogP contribution in [0.4, 0.5) is 0 Å². The molecule has 0 amide bonds. The Morgan fingerprint density at radius 3 is 1.08 bits per heavy atom. The largest absolute Gasteiger partial charge is 0.455 e. The van der Waals surface area contributed by atoms with E-state index in [1.165, 1.54) is 131 Å². The number of aromatic nitrogens is 4. The molecule has 0 aliphatic carbocycles. The zero-order chi connectivity index (χ0) is 69.2. The Labute approximate surface area is 606 Å². The molecule has 0 fully saturated rings. The average molecular weight is 1350 g/mol. The van der Waals surface area contributed by atoms with E-state index in [-0.39, 0.29) is 0 Å². The molecule has 6 heterocycles. The summed E-state index contributed by atoms with van der Waals surface area (Å²) in [5, 5.41) is 24.1. The standard InChI is InChI=1S/C54H32N2O.C46H28N2O/c1-2-13-33(14-3-1)34-15-12-16-35(31-34)55-47-23-10-8-22-44(47)51-48(55)30-28-45-52-49(29-27-43-42-21-9-11-24-50(42)57-54(43)52)56(53(45)51)36-25-26-41-39-19-5-4-17-37(39)38-18-6-7-20-40(38)46(41)32-36;1-2-12-29(13-3-1)31-16-10-17-32(28-31)47-41-26-24-35-34-19-7-9-23-42(34)49-46(35)44(41)37-25-27-40-43(45(37)47)36-20-6-8-21-39(36)48(40)38-22-11-15-30-14-4-5-18-33(30)38/h1-32H;1-28H. The molecule has 0 spiro atoms. The molecule has 0 bridgehead atoms. The Morgan fingerprint density at radius 2 is 0.538 bits per heavy atom. The SMILES string of the molecule is c1ccc(-c2cccc(-n3c4ccc5c6ccccc6oc5c4c4ccc5c(c6ccccc6n5-c5cccc6ccccc56)c43)c2)cc1.c1ccc(-c2cccc(-n3c4ccccc4c4c3ccc3c5c6oc7ccccc7c6ccc5n(-c5ccc6c7ccccc7c7ccccc7c6c5)c34)c2)cc1. The van der Waals surface area contributed by atoms with E-state index >= 15 is 0 Å². The molecule has 6 nitrogen and oxygen atoms in total. The van der Waals surface area contributed by atoms with Crippen molar-refractivity contribution >= 4 is 174 Å². The quantitative estimate of drug-likeness (QED) is 0.156. The van der Waals surface area contributed by atoms with E-state index in [2.05, 4.69) is 376 Å². The first-order valence-electron chi connectivity index (χ1n) is 36.4. The summed E-state index contributed by atoms with van der Waals surface area (Å²) in [6, 6.07) is 132. The van der Waals surface area contributed by atoms with E-state index < -0.39 is 0 Å². The maximum atomic E-state index is 6.81. The molecule has 0 unspecified atom stereocenters. The number of fused-ring (bicyclic) bond motifs is 29. The lowest BCUT2D eigenvalue weighted by Gasteiger charge is -2.14. The second-order valence-corrected chi connectivity index (χ2v) is 28.1. The van der Waals surface area contributed by atoms with Crippen LogP contribution < -0.4 is 0 Å². The molecule has 24 aromatic rings. The second-order valence-electron chi connectivity index (χ2n) is 28.1. The van der Waals surface area contributed by atoms with Crippen molar-refractivity contribution in [1.82, 2.24) is 18.3 Å². The first-order chi connectivity index (χ1) is 52.6. The Hall–Kier alpha value is -14.2. The normalized spacial score (nSPS) is 12.2. The Balaban J connectivity index is 0.000000130. The number of benzene rings is 18. The van der Waals surface area contributed by atoms with E-state index in [9.17, 15) is 0 Å². The van der Waals surface area contributed by atoms with Crippen molar-refractivity contribution in [3.05, 3.63) is 364 Å². The number of hydrogen-bond donors (Lipinski definition) is 0. The monoisotopic (exact) mass is 1350 g/mol. The molecule has 0 aliphatic rings. The van der Waals surface area contributed by atoms with Crippen LogP contribution in [0.15, 0.2) is 373 Å². The van der Waals surface area contributed by atoms with Crippen molar-refractivity contribution in [3.63, 3.8) is 0 Å². The zero-order valence-corrected chi connectivity index (χ0v) is 57.2. The predicted octanol–water partition coefficient (Wildman–Crippen LogP) is 27.5. The predicted molar refractivity (Wildman–Crippen MR) is 446 cm³/mol. The van der Waals surface area contributed by atoms with Crippen molar-refractivity contribution in [2.24, 2.45) is 0 Å². The number of furan rings is 2. The van der Waals surface area contributed by atoms with Crippen LogP contribution in [0.3, 0.4) is 0 Å². The Bertz CT molecular complexity index is 7790.